The van der Waals surface area contributed by atoms with Crippen molar-refractivity contribution in [3.8, 4) is 0 Å². The lowest BCUT2D eigenvalue weighted by molar-refractivity contribution is -0.135. The lowest BCUT2D eigenvalue weighted by Crippen LogP contribution is -2.42. The van der Waals surface area contributed by atoms with Gasteiger partial charge in [0.2, 0.25) is 5.91 Å². The Labute approximate surface area is 120 Å². The zero-order valence-electron chi connectivity index (χ0n) is 12.1. The molecule has 1 saturated heterocycles. The average molecular weight is 273 g/mol. The summed E-state index contributed by atoms with van der Waals surface area (Å²) in [4.78, 5) is 17.1. The van der Waals surface area contributed by atoms with E-state index in [1.54, 1.807) is 0 Å². The lowest BCUT2D eigenvalue weighted by atomic mass is 9.93. The summed E-state index contributed by atoms with van der Waals surface area (Å²) in [5, 5.41) is 3.40. The number of benzene rings is 1. The van der Waals surface area contributed by atoms with Gasteiger partial charge in [0.05, 0.1) is 5.92 Å². The van der Waals surface area contributed by atoms with Crippen molar-refractivity contribution < 1.29 is 4.79 Å². The maximum atomic E-state index is 12.7. The van der Waals surface area contributed by atoms with Crippen molar-refractivity contribution in [2.45, 2.75) is 12.8 Å². The van der Waals surface area contributed by atoms with Crippen LogP contribution in [0.1, 0.15) is 12.0 Å². The summed E-state index contributed by atoms with van der Waals surface area (Å²) >= 11 is 0. The molecule has 2 heterocycles. The summed E-state index contributed by atoms with van der Waals surface area (Å²) in [6, 6.07) is 8.31. The number of rotatable bonds is 1. The maximum Gasteiger partial charge on any atom is 0.227 e. The third kappa shape index (κ3) is 2.80. The molecule has 3 rings (SSSR count). The molecule has 0 aromatic heterocycles. The van der Waals surface area contributed by atoms with Gasteiger partial charge in [-0.3, -0.25) is 4.79 Å². The highest BCUT2D eigenvalue weighted by Crippen LogP contribution is 2.25. The Morgan fingerprint density at radius 2 is 2.05 bits per heavy atom. The van der Waals surface area contributed by atoms with Gasteiger partial charge in [-0.1, -0.05) is 18.2 Å². The van der Waals surface area contributed by atoms with Gasteiger partial charge < -0.3 is 15.1 Å². The molecule has 108 valence electrons. The molecule has 1 aromatic carbocycles. The highest BCUT2D eigenvalue weighted by atomic mass is 16.2. The van der Waals surface area contributed by atoms with Crippen molar-refractivity contribution in [3.05, 3.63) is 29.8 Å². The third-order valence-corrected chi connectivity index (χ3v) is 4.40. The van der Waals surface area contributed by atoms with E-state index in [4.69, 9.17) is 0 Å². The molecule has 0 bridgehead atoms. The Balaban J connectivity index is 1.66. The van der Waals surface area contributed by atoms with Crippen LogP contribution in [-0.4, -0.2) is 55.5 Å². The number of nitrogens with zero attached hydrogens (tertiary/aromatic N) is 2. The van der Waals surface area contributed by atoms with Crippen molar-refractivity contribution in [1.82, 2.24) is 9.80 Å². The van der Waals surface area contributed by atoms with Gasteiger partial charge in [-0.15, -0.1) is 0 Å². The molecule has 4 nitrogen and oxygen atoms in total. The zero-order valence-corrected chi connectivity index (χ0v) is 12.1. The normalized spacial score (nSPS) is 23.6. The Hall–Kier alpha value is -1.55. The van der Waals surface area contributed by atoms with E-state index in [1.807, 2.05) is 12.1 Å². The van der Waals surface area contributed by atoms with Crippen LogP contribution in [0.25, 0.3) is 0 Å². The largest absolute Gasteiger partial charge is 0.384 e. The highest BCUT2D eigenvalue weighted by Gasteiger charge is 2.28. The fourth-order valence-corrected chi connectivity index (χ4v) is 3.14. The molecule has 1 unspecified atom stereocenters. The number of carbonyl (C=O) groups is 1. The number of para-hydroxylation sites is 1. The van der Waals surface area contributed by atoms with Gasteiger partial charge in [-0.05, 0) is 38.1 Å². The molecule has 1 N–H and O–H groups in total. The van der Waals surface area contributed by atoms with Crippen LogP contribution in [0.5, 0.6) is 0 Å². The number of nitrogens with one attached hydrogen (secondary N) is 1. The van der Waals surface area contributed by atoms with Crippen molar-refractivity contribution in [2.24, 2.45) is 5.92 Å². The fourth-order valence-electron chi connectivity index (χ4n) is 3.14. The first kappa shape index (κ1) is 13.4. The zero-order chi connectivity index (χ0) is 13.9. The van der Waals surface area contributed by atoms with Gasteiger partial charge in [-0.25, -0.2) is 0 Å². The number of carbonyl (C=O) groups excluding carboxylic acids is 1. The van der Waals surface area contributed by atoms with Crippen LogP contribution in [0.2, 0.25) is 0 Å². The third-order valence-electron chi connectivity index (χ3n) is 4.40. The predicted molar refractivity (Wildman–Crippen MR) is 80.8 cm³/mol. The van der Waals surface area contributed by atoms with Crippen molar-refractivity contribution >= 4 is 11.6 Å². The molecule has 1 fully saturated rings. The van der Waals surface area contributed by atoms with Gasteiger partial charge in [0.1, 0.15) is 0 Å². The minimum Gasteiger partial charge on any atom is -0.384 e. The number of hydrogen-bond donors (Lipinski definition) is 1. The fraction of sp³-hybridized carbons (Fsp3) is 0.562. The number of amides is 1. The van der Waals surface area contributed by atoms with Crippen LogP contribution in [0.3, 0.4) is 0 Å². The summed E-state index contributed by atoms with van der Waals surface area (Å²) in [5.74, 6) is 0.413. The SMILES string of the molecule is CN1CCCN(C(=O)C2CNc3ccccc3C2)CC1. The minimum atomic E-state index is 0.0910. The Kier molecular flexibility index (Phi) is 3.92. The van der Waals surface area contributed by atoms with Crippen LogP contribution in [-0.2, 0) is 11.2 Å². The predicted octanol–water partition coefficient (Wildman–Crippen LogP) is 1.43. The molecular formula is C16H23N3O. The molecule has 0 aliphatic carbocycles. The average Bonchev–Trinajstić information content (AvgIpc) is 2.71. The van der Waals surface area contributed by atoms with Gasteiger partial charge >= 0.3 is 0 Å². The number of likely N-dealkylation sites (N-methyl/N-ethyl adjacent to an activating group) is 1. The van der Waals surface area contributed by atoms with Crippen LogP contribution in [0, 0.1) is 5.92 Å². The molecule has 0 saturated carbocycles. The van der Waals surface area contributed by atoms with E-state index in [-0.39, 0.29) is 5.92 Å². The molecule has 2 aliphatic rings. The van der Waals surface area contributed by atoms with Gasteiger partial charge in [0, 0.05) is 31.9 Å². The standard InChI is InChI=1S/C16H23N3O/c1-18-7-4-8-19(10-9-18)16(20)14-11-13-5-2-3-6-15(13)17-12-14/h2-3,5-6,14,17H,4,7-12H2,1H3. The summed E-state index contributed by atoms with van der Waals surface area (Å²) in [7, 11) is 2.13. The van der Waals surface area contributed by atoms with Crippen molar-refractivity contribution in [3.63, 3.8) is 0 Å². The molecular weight excluding hydrogens is 250 g/mol. The number of fused-ring (bicyclic) bond motifs is 1. The summed E-state index contributed by atoms with van der Waals surface area (Å²) in [6.07, 6.45) is 1.95. The topological polar surface area (TPSA) is 35.6 Å². The quantitative estimate of drug-likeness (QED) is 0.841. The van der Waals surface area contributed by atoms with E-state index in [2.05, 4.69) is 34.3 Å². The Morgan fingerprint density at radius 1 is 1.20 bits per heavy atom. The van der Waals surface area contributed by atoms with E-state index >= 15 is 0 Å². The van der Waals surface area contributed by atoms with Crippen LogP contribution < -0.4 is 5.32 Å². The van der Waals surface area contributed by atoms with Gasteiger partial charge in [-0.2, -0.15) is 0 Å². The van der Waals surface area contributed by atoms with Crippen LogP contribution >= 0.6 is 0 Å². The van der Waals surface area contributed by atoms with E-state index in [9.17, 15) is 4.79 Å². The van der Waals surface area contributed by atoms with Gasteiger partial charge in [0.25, 0.3) is 0 Å². The molecule has 0 radical (unpaired) electrons. The van der Waals surface area contributed by atoms with E-state index < -0.39 is 0 Å². The number of anilines is 1. The van der Waals surface area contributed by atoms with E-state index in [1.165, 1.54) is 11.3 Å². The first-order valence-corrected chi connectivity index (χ1v) is 7.53. The maximum absolute atomic E-state index is 12.7. The first-order valence-electron chi connectivity index (χ1n) is 7.53. The highest BCUT2D eigenvalue weighted by molar-refractivity contribution is 5.81. The second-order valence-electron chi connectivity index (χ2n) is 5.92. The smallest absolute Gasteiger partial charge is 0.227 e. The lowest BCUT2D eigenvalue weighted by Gasteiger charge is -2.30. The Bertz CT molecular complexity index is 488. The second-order valence-corrected chi connectivity index (χ2v) is 5.92. The molecule has 1 aromatic rings. The van der Waals surface area contributed by atoms with Crippen molar-refractivity contribution in [2.75, 3.05) is 45.1 Å². The van der Waals surface area contributed by atoms with E-state index in [0.717, 1.165) is 45.6 Å². The molecule has 4 heteroatoms. The number of hydrogen-bond acceptors (Lipinski definition) is 3. The first-order chi connectivity index (χ1) is 9.74. The summed E-state index contributed by atoms with van der Waals surface area (Å²) in [5.41, 5.74) is 2.45. The molecule has 1 atom stereocenters. The molecule has 1 amide bonds. The summed E-state index contributed by atoms with van der Waals surface area (Å²) in [6.45, 7) is 4.62. The molecule has 20 heavy (non-hydrogen) atoms. The minimum absolute atomic E-state index is 0.0910. The van der Waals surface area contributed by atoms with Crippen LogP contribution in [0.15, 0.2) is 24.3 Å². The van der Waals surface area contributed by atoms with E-state index in [0.29, 0.717) is 5.91 Å². The summed E-state index contributed by atoms with van der Waals surface area (Å²) < 4.78 is 0. The van der Waals surface area contributed by atoms with Gasteiger partial charge in [0.15, 0.2) is 0 Å². The monoisotopic (exact) mass is 273 g/mol. The second kappa shape index (κ2) is 5.83. The molecule has 0 spiro atoms. The Morgan fingerprint density at radius 3 is 2.95 bits per heavy atom. The molecule has 2 aliphatic heterocycles. The van der Waals surface area contributed by atoms with Crippen LogP contribution in [0.4, 0.5) is 5.69 Å². The van der Waals surface area contributed by atoms with Crippen molar-refractivity contribution in [1.29, 1.82) is 0 Å².